The quantitative estimate of drug-likeness (QED) is 0.0828. The van der Waals surface area contributed by atoms with E-state index in [1.807, 2.05) is 107 Å². The van der Waals surface area contributed by atoms with Crippen LogP contribution in [-0.4, -0.2) is 151 Å². The predicted octanol–water partition coefficient (Wildman–Crippen LogP) is 5.99. The lowest BCUT2D eigenvalue weighted by atomic mass is 10.1. The molecule has 1 aromatic carbocycles. The second kappa shape index (κ2) is 28.2. The van der Waals surface area contributed by atoms with Crippen LogP contribution in [0.25, 0.3) is 0 Å². The Morgan fingerprint density at radius 2 is 0.820 bits per heavy atom. The van der Waals surface area contributed by atoms with Crippen molar-refractivity contribution in [1.82, 2.24) is 24.9 Å². The number of nitrogens with zero attached hydrogens (tertiary/aromatic N) is 4. The van der Waals surface area contributed by atoms with Gasteiger partial charge in [0.2, 0.25) is 5.91 Å². The summed E-state index contributed by atoms with van der Waals surface area (Å²) in [6.45, 7) is 21.9. The van der Waals surface area contributed by atoms with Gasteiger partial charge in [0.1, 0.15) is 23.4 Å². The Hall–Kier alpha value is -3.59. The summed E-state index contributed by atoms with van der Waals surface area (Å²) in [5.74, 6) is -1.20. The van der Waals surface area contributed by atoms with E-state index in [-0.39, 0.29) is 56.0 Å². The molecule has 1 aliphatic heterocycles. The highest BCUT2D eigenvalue weighted by molar-refractivity contribution is 5.78. The number of esters is 4. The number of ether oxygens (including phenoxy) is 4. The molecule has 0 spiro atoms. The highest BCUT2D eigenvalue weighted by atomic mass is 16.6. The van der Waals surface area contributed by atoms with Crippen molar-refractivity contribution in [3.63, 3.8) is 0 Å². The molecule has 61 heavy (non-hydrogen) atoms. The Morgan fingerprint density at radius 3 is 1.20 bits per heavy atom. The van der Waals surface area contributed by atoms with E-state index in [4.69, 9.17) is 18.9 Å². The summed E-state index contributed by atoms with van der Waals surface area (Å²) in [7, 11) is 0. The third-order valence-electron chi connectivity index (χ3n) is 9.74. The molecule has 1 amide bonds. The maximum absolute atomic E-state index is 13.3. The van der Waals surface area contributed by atoms with Crippen molar-refractivity contribution in [3.8, 4) is 0 Å². The first-order valence-electron chi connectivity index (χ1n) is 22.7. The van der Waals surface area contributed by atoms with Crippen LogP contribution >= 0.6 is 0 Å². The highest BCUT2D eigenvalue weighted by Crippen LogP contribution is 2.14. The van der Waals surface area contributed by atoms with E-state index in [1.165, 1.54) is 0 Å². The number of rotatable bonds is 22. The number of hydrogen-bond acceptors (Lipinski definition) is 13. The van der Waals surface area contributed by atoms with Gasteiger partial charge in [0.25, 0.3) is 0 Å². The second-order valence-electron chi connectivity index (χ2n) is 19.3. The number of carbonyl (C=O) groups is 5. The smallest absolute Gasteiger partial charge is 0.320 e. The summed E-state index contributed by atoms with van der Waals surface area (Å²) >= 11 is 0. The van der Waals surface area contributed by atoms with Gasteiger partial charge in [0.15, 0.2) is 0 Å². The minimum absolute atomic E-state index is 0.0584. The molecule has 0 aliphatic carbocycles. The molecular formula is C47H81N5O9. The van der Waals surface area contributed by atoms with Crippen molar-refractivity contribution >= 4 is 29.8 Å². The number of hydrogen-bond donors (Lipinski definition) is 1. The van der Waals surface area contributed by atoms with Gasteiger partial charge in [-0.1, -0.05) is 75.3 Å². The van der Waals surface area contributed by atoms with Crippen molar-refractivity contribution in [2.45, 2.75) is 150 Å². The molecule has 14 nitrogen and oxygen atoms in total. The van der Waals surface area contributed by atoms with Gasteiger partial charge >= 0.3 is 23.9 Å². The first-order chi connectivity index (χ1) is 28.7. The first-order valence-corrected chi connectivity index (χ1v) is 22.7. The van der Waals surface area contributed by atoms with E-state index in [2.05, 4.69) is 10.2 Å². The summed E-state index contributed by atoms with van der Waals surface area (Å²) in [5.41, 5.74) is -0.881. The minimum Gasteiger partial charge on any atom is -0.461 e. The van der Waals surface area contributed by atoms with Gasteiger partial charge in [0, 0.05) is 65.3 Å². The molecule has 0 atom stereocenters. The van der Waals surface area contributed by atoms with Gasteiger partial charge in [-0.3, -0.25) is 43.6 Å². The minimum atomic E-state index is -0.628. The Kier molecular flexibility index (Phi) is 24.7. The van der Waals surface area contributed by atoms with Crippen LogP contribution in [0.15, 0.2) is 30.3 Å². The van der Waals surface area contributed by atoms with Gasteiger partial charge in [0.05, 0.1) is 26.2 Å². The van der Waals surface area contributed by atoms with Crippen molar-refractivity contribution in [1.29, 1.82) is 0 Å². The van der Waals surface area contributed by atoms with Gasteiger partial charge in [-0.15, -0.1) is 0 Å². The van der Waals surface area contributed by atoms with Crippen LogP contribution in [0.4, 0.5) is 0 Å². The molecule has 0 aromatic heterocycles. The maximum atomic E-state index is 13.3. The molecule has 14 heteroatoms. The van der Waals surface area contributed by atoms with E-state index >= 15 is 0 Å². The molecule has 0 radical (unpaired) electrons. The lowest BCUT2D eigenvalue weighted by molar-refractivity contribution is -0.158. The Bertz CT molecular complexity index is 1390. The van der Waals surface area contributed by atoms with Crippen LogP contribution in [0.1, 0.15) is 132 Å². The van der Waals surface area contributed by atoms with Crippen LogP contribution in [-0.2, 0) is 49.5 Å². The van der Waals surface area contributed by atoms with Gasteiger partial charge < -0.3 is 24.3 Å². The van der Waals surface area contributed by atoms with E-state index in [1.54, 1.807) is 0 Å². The number of carbonyl (C=O) groups excluding carboxylic acids is 5. The van der Waals surface area contributed by atoms with Crippen LogP contribution in [0.2, 0.25) is 0 Å². The fraction of sp³-hybridized carbons (Fsp3) is 0.766. The highest BCUT2D eigenvalue weighted by Gasteiger charge is 2.26. The van der Waals surface area contributed by atoms with E-state index in [0.29, 0.717) is 71.9 Å². The van der Waals surface area contributed by atoms with E-state index in [9.17, 15) is 24.0 Å². The number of unbranched alkanes of at least 4 members (excludes halogenated alkanes) is 8. The van der Waals surface area contributed by atoms with Crippen LogP contribution in [0.5, 0.6) is 0 Å². The van der Waals surface area contributed by atoms with Crippen molar-refractivity contribution < 1.29 is 42.9 Å². The zero-order valence-corrected chi connectivity index (χ0v) is 39.3. The average Bonchev–Trinajstić information content (AvgIpc) is 3.13. The molecule has 2 rings (SSSR count). The lowest BCUT2D eigenvalue weighted by Crippen LogP contribution is -2.50. The van der Waals surface area contributed by atoms with E-state index in [0.717, 1.165) is 63.4 Å². The van der Waals surface area contributed by atoms with Crippen LogP contribution in [0.3, 0.4) is 0 Å². The van der Waals surface area contributed by atoms with Gasteiger partial charge in [-0.05, 0) is 80.7 Å². The number of benzene rings is 1. The van der Waals surface area contributed by atoms with Crippen LogP contribution in [0, 0.1) is 0 Å². The Morgan fingerprint density at radius 1 is 0.475 bits per heavy atom. The molecule has 0 saturated carbocycles. The summed E-state index contributed by atoms with van der Waals surface area (Å²) in [4.78, 5) is 72.3. The largest absolute Gasteiger partial charge is 0.461 e. The normalized spacial score (nSPS) is 15.9. The van der Waals surface area contributed by atoms with Gasteiger partial charge in [-0.25, -0.2) is 0 Å². The average molecular weight is 860 g/mol. The predicted molar refractivity (Wildman–Crippen MR) is 239 cm³/mol. The molecule has 1 fully saturated rings. The molecule has 0 bridgehead atoms. The molecule has 1 heterocycles. The fourth-order valence-electron chi connectivity index (χ4n) is 6.81. The number of nitrogens with one attached hydrogen (secondary N) is 1. The SMILES string of the molecule is CC(C)(C)OC(=O)CN1CCN(CC(=O)NCCCCCCCCCCCC(=O)OCc2ccccc2)CCN(CC(=O)OC(C)(C)C)CCN(CC(=O)OC(C)(C)C)CC1. The molecule has 348 valence electrons. The second-order valence-corrected chi connectivity index (χ2v) is 19.3. The zero-order valence-electron chi connectivity index (χ0n) is 39.3. The Labute approximate surface area is 367 Å². The van der Waals surface area contributed by atoms with Crippen molar-refractivity contribution in [2.24, 2.45) is 0 Å². The van der Waals surface area contributed by atoms with Crippen molar-refractivity contribution in [3.05, 3.63) is 35.9 Å². The zero-order chi connectivity index (χ0) is 45.3. The third-order valence-corrected chi connectivity index (χ3v) is 9.74. The monoisotopic (exact) mass is 860 g/mol. The molecule has 1 saturated heterocycles. The van der Waals surface area contributed by atoms with E-state index < -0.39 is 16.8 Å². The molecular weight excluding hydrogens is 779 g/mol. The molecule has 1 aromatic rings. The third kappa shape index (κ3) is 29.4. The standard InChI is InChI=1S/C47H81N5O9/c1-45(2,3)59-42(55)35-50-28-26-49(27-29-51(36-43(56)60-46(4,5)6)31-33-52(32-30-50)37-44(57)61-47(7,8)9)34-40(53)48-25-21-16-14-12-10-11-13-15-20-24-41(54)58-38-39-22-18-17-19-23-39/h17-19,22-23H,10-16,20-21,24-38H2,1-9H3,(H,48,53). The number of amides is 1. The first kappa shape index (κ1) is 53.5. The summed E-state index contributed by atoms with van der Waals surface area (Å²) < 4.78 is 22.3. The topological polar surface area (TPSA) is 147 Å². The molecule has 1 N–H and O–H groups in total. The van der Waals surface area contributed by atoms with Gasteiger partial charge in [-0.2, -0.15) is 0 Å². The fourth-order valence-corrected chi connectivity index (χ4v) is 6.81. The lowest BCUT2D eigenvalue weighted by Gasteiger charge is -2.34. The molecule has 0 unspecified atom stereocenters. The maximum Gasteiger partial charge on any atom is 0.320 e. The molecule has 1 aliphatic rings. The Balaban J connectivity index is 1.88. The van der Waals surface area contributed by atoms with Crippen LogP contribution < -0.4 is 5.32 Å². The summed E-state index contributed by atoms with van der Waals surface area (Å²) in [5, 5.41) is 3.10. The summed E-state index contributed by atoms with van der Waals surface area (Å²) in [6.07, 6.45) is 10.00. The summed E-state index contributed by atoms with van der Waals surface area (Å²) in [6, 6.07) is 9.73. The van der Waals surface area contributed by atoms with Crippen molar-refractivity contribution in [2.75, 3.05) is 85.1 Å².